The molecule has 3 rings (SSSR count). The summed E-state index contributed by atoms with van der Waals surface area (Å²) in [5, 5.41) is 7.28. The summed E-state index contributed by atoms with van der Waals surface area (Å²) in [4.78, 5) is 12.2. The van der Waals surface area contributed by atoms with E-state index < -0.39 is 0 Å². The van der Waals surface area contributed by atoms with E-state index in [0.717, 1.165) is 19.3 Å². The minimum Gasteiger partial charge on any atom is -0.383 e. The molecular formula is C14H22N4O2. The van der Waals surface area contributed by atoms with Crippen molar-refractivity contribution in [3.63, 3.8) is 0 Å². The molecule has 0 bridgehead atoms. The third-order valence-corrected chi connectivity index (χ3v) is 4.93. The zero-order valence-corrected chi connectivity index (χ0v) is 11.8. The second-order valence-corrected chi connectivity index (χ2v) is 5.94. The Morgan fingerprint density at radius 2 is 2.45 bits per heavy atom. The molecule has 6 nitrogen and oxygen atoms in total. The Labute approximate surface area is 118 Å². The van der Waals surface area contributed by atoms with E-state index in [1.165, 1.54) is 6.42 Å². The number of carbonyl (C=O) groups is 1. The fourth-order valence-electron chi connectivity index (χ4n) is 3.36. The van der Waals surface area contributed by atoms with Crippen molar-refractivity contribution in [3.05, 3.63) is 18.0 Å². The fraction of sp³-hybridized carbons (Fsp3) is 0.714. The van der Waals surface area contributed by atoms with Crippen LogP contribution in [0.3, 0.4) is 0 Å². The number of aromatic nitrogens is 2. The molecule has 2 unspecified atom stereocenters. The van der Waals surface area contributed by atoms with E-state index in [0.29, 0.717) is 18.7 Å². The van der Waals surface area contributed by atoms with Crippen molar-refractivity contribution in [1.29, 1.82) is 0 Å². The standard InChI is InChI=1S/C14H22N4O2/c1-20-6-5-18-9-10(8-16-18)13(19)17-12-7-11(15)14(12)3-2-4-14/h8-9,11-12H,2-7,15H2,1H3,(H,17,19). The number of hydrogen-bond donors (Lipinski definition) is 2. The third-order valence-electron chi connectivity index (χ3n) is 4.93. The molecule has 0 saturated heterocycles. The molecule has 20 heavy (non-hydrogen) atoms. The lowest BCUT2D eigenvalue weighted by molar-refractivity contribution is -0.0389. The predicted octanol–water partition coefficient (Wildman–Crippen LogP) is 0.529. The van der Waals surface area contributed by atoms with Crippen molar-refractivity contribution in [1.82, 2.24) is 15.1 Å². The predicted molar refractivity (Wildman–Crippen MR) is 74.2 cm³/mol. The molecular weight excluding hydrogens is 256 g/mol. The number of carbonyl (C=O) groups excluding carboxylic acids is 1. The first-order valence-corrected chi connectivity index (χ1v) is 7.23. The molecule has 110 valence electrons. The molecule has 0 aliphatic heterocycles. The monoisotopic (exact) mass is 278 g/mol. The van der Waals surface area contributed by atoms with Crippen LogP contribution in [0.4, 0.5) is 0 Å². The SMILES string of the molecule is COCCn1cc(C(=O)NC2CC(N)C23CCC3)cn1. The van der Waals surface area contributed by atoms with Gasteiger partial charge in [-0.15, -0.1) is 0 Å². The van der Waals surface area contributed by atoms with E-state index in [4.69, 9.17) is 10.5 Å². The molecule has 2 fully saturated rings. The van der Waals surface area contributed by atoms with Crippen LogP contribution in [0.15, 0.2) is 12.4 Å². The highest BCUT2D eigenvalue weighted by Gasteiger charge is 2.57. The van der Waals surface area contributed by atoms with Crippen LogP contribution < -0.4 is 11.1 Å². The Balaban J connectivity index is 1.58. The molecule has 1 aromatic rings. The highest BCUT2D eigenvalue weighted by atomic mass is 16.5. The number of nitrogens with two attached hydrogens (primary N) is 1. The maximum absolute atomic E-state index is 12.2. The number of nitrogens with one attached hydrogen (secondary N) is 1. The zero-order valence-electron chi connectivity index (χ0n) is 11.8. The van der Waals surface area contributed by atoms with Crippen LogP contribution in [0.5, 0.6) is 0 Å². The zero-order chi connectivity index (χ0) is 14.2. The second kappa shape index (κ2) is 5.18. The Hall–Kier alpha value is -1.40. The van der Waals surface area contributed by atoms with Gasteiger partial charge in [-0.05, 0) is 19.3 Å². The Kier molecular flexibility index (Phi) is 3.52. The van der Waals surface area contributed by atoms with Gasteiger partial charge in [0.2, 0.25) is 0 Å². The lowest BCUT2D eigenvalue weighted by Gasteiger charge is -2.60. The maximum atomic E-state index is 12.2. The first kappa shape index (κ1) is 13.6. The molecule has 0 radical (unpaired) electrons. The number of ether oxygens (including phenoxy) is 1. The van der Waals surface area contributed by atoms with Crippen LogP contribution >= 0.6 is 0 Å². The van der Waals surface area contributed by atoms with Gasteiger partial charge in [0.25, 0.3) is 5.91 Å². The van der Waals surface area contributed by atoms with Crippen molar-refractivity contribution >= 4 is 5.91 Å². The number of hydrogen-bond acceptors (Lipinski definition) is 4. The largest absolute Gasteiger partial charge is 0.383 e. The van der Waals surface area contributed by atoms with Crippen molar-refractivity contribution < 1.29 is 9.53 Å². The second-order valence-electron chi connectivity index (χ2n) is 5.94. The molecule has 2 aliphatic carbocycles. The summed E-state index contributed by atoms with van der Waals surface area (Å²) in [6.07, 6.45) is 7.79. The first-order valence-electron chi connectivity index (χ1n) is 7.23. The van der Waals surface area contributed by atoms with Gasteiger partial charge in [0.15, 0.2) is 0 Å². The highest BCUT2D eigenvalue weighted by Crippen LogP contribution is 2.55. The summed E-state index contributed by atoms with van der Waals surface area (Å²) >= 11 is 0. The fourth-order valence-corrected chi connectivity index (χ4v) is 3.36. The number of rotatable bonds is 5. The third kappa shape index (κ3) is 2.13. The van der Waals surface area contributed by atoms with E-state index in [-0.39, 0.29) is 23.4 Å². The molecule has 2 aliphatic rings. The van der Waals surface area contributed by atoms with Crippen LogP contribution in [0.2, 0.25) is 0 Å². The minimum absolute atomic E-state index is 0.0446. The smallest absolute Gasteiger partial charge is 0.254 e. The highest BCUT2D eigenvalue weighted by molar-refractivity contribution is 5.94. The molecule has 3 N–H and O–H groups in total. The van der Waals surface area contributed by atoms with Crippen molar-refractivity contribution in [2.45, 2.75) is 44.3 Å². The van der Waals surface area contributed by atoms with Crippen LogP contribution in [0.25, 0.3) is 0 Å². The molecule has 1 spiro atoms. The van der Waals surface area contributed by atoms with E-state index in [1.807, 2.05) is 0 Å². The van der Waals surface area contributed by atoms with Crippen LogP contribution in [-0.2, 0) is 11.3 Å². The van der Waals surface area contributed by atoms with Gasteiger partial charge in [0, 0.05) is 30.8 Å². The molecule has 1 heterocycles. The topological polar surface area (TPSA) is 82.2 Å². The van der Waals surface area contributed by atoms with Gasteiger partial charge >= 0.3 is 0 Å². The lowest BCUT2D eigenvalue weighted by Crippen LogP contribution is -2.69. The maximum Gasteiger partial charge on any atom is 0.254 e. The summed E-state index contributed by atoms with van der Waals surface area (Å²) in [5.41, 5.74) is 6.89. The van der Waals surface area contributed by atoms with Crippen molar-refractivity contribution in [3.8, 4) is 0 Å². The van der Waals surface area contributed by atoms with Crippen LogP contribution in [0.1, 0.15) is 36.0 Å². The molecule has 6 heteroatoms. The number of amides is 1. The van der Waals surface area contributed by atoms with Gasteiger partial charge in [-0.2, -0.15) is 5.10 Å². The summed E-state index contributed by atoms with van der Waals surface area (Å²) in [6, 6.07) is 0.493. The Bertz CT molecular complexity index is 495. The molecule has 2 saturated carbocycles. The Morgan fingerprint density at radius 3 is 3.05 bits per heavy atom. The van der Waals surface area contributed by atoms with Crippen LogP contribution in [0, 0.1) is 5.41 Å². The summed E-state index contributed by atoms with van der Waals surface area (Å²) in [6.45, 7) is 1.24. The molecule has 1 aromatic heterocycles. The van der Waals surface area contributed by atoms with Gasteiger partial charge in [0.05, 0.1) is 24.9 Å². The quantitative estimate of drug-likeness (QED) is 0.823. The van der Waals surface area contributed by atoms with E-state index in [9.17, 15) is 4.79 Å². The normalized spacial score (nSPS) is 26.9. The van der Waals surface area contributed by atoms with Gasteiger partial charge in [-0.1, -0.05) is 6.42 Å². The number of nitrogens with zero attached hydrogens (tertiary/aromatic N) is 2. The molecule has 0 aromatic carbocycles. The molecule has 2 atom stereocenters. The lowest BCUT2D eigenvalue weighted by atomic mass is 9.50. The summed E-state index contributed by atoms with van der Waals surface area (Å²) < 4.78 is 6.72. The van der Waals surface area contributed by atoms with Crippen molar-refractivity contribution in [2.24, 2.45) is 11.1 Å². The van der Waals surface area contributed by atoms with Gasteiger partial charge in [-0.3, -0.25) is 9.48 Å². The van der Waals surface area contributed by atoms with Gasteiger partial charge in [0.1, 0.15) is 0 Å². The van der Waals surface area contributed by atoms with Gasteiger partial charge in [-0.25, -0.2) is 0 Å². The summed E-state index contributed by atoms with van der Waals surface area (Å²) in [5.74, 6) is -0.0446. The summed E-state index contributed by atoms with van der Waals surface area (Å²) in [7, 11) is 1.65. The average molecular weight is 278 g/mol. The number of methoxy groups -OCH3 is 1. The van der Waals surface area contributed by atoms with E-state index in [1.54, 1.807) is 24.2 Å². The van der Waals surface area contributed by atoms with Crippen molar-refractivity contribution in [2.75, 3.05) is 13.7 Å². The minimum atomic E-state index is -0.0446. The van der Waals surface area contributed by atoms with E-state index >= 15 is 0 Å². The van der Waals surface area contributed by atoms with E-state index in [2.05, 4.69) is 10.4 Å². The van der Waals surface area contributed by atoms with Crippen LogP contribution in [-0.4, -0.2) is 41.5 Å². The average Bonchev–Trinajstić information content (AvgIpc) is 2.82. The molecule has 1 amide bonds. The van der Waals surface area contributed by atoms with Gasteiger partial charge < -0.3 is 15.8 Å². The Morgan fingerprint density at radius 1 is 1.65 bits per heavy atom. The first-order chi connectivity index (χ1) is 9.65.